The maximum atomic E-state index is 6.02. The number of ether oxygens (including phenoxy) is 4. The van der Waals surface area contributed by atoms with Crippen LogP contribution in [0.25, 0.3) is 0 Å². The van der Waals surface area contributed by atoms with Gasteiger partial charge in [-0.05, 0) is 31.7 Å². The van der Waals surface area contributed by atoms with Crippen molar-refractivity contribution in [3.8, 4) is 0 Å². The molecular formula is C16H33NO4. The van der Waals surface area contributed by atoms with Gasteiger partial charge in [-0.15, -0.1) is 0 Å². The average Bonchev–Trinajstić information content (AvgIpc) is 2.48. The maximum Gasteiger partial charge on any atom is 0.0731 e. The number of likely N-dealkylation sites (N-methyl/N-ethyl adjacent to an activating group) is 1. The van der Waals surface area contributed by atoms with Crippen LogP contribution in [0.2, 0.25) is 0 Å². The fraction of sp³-hybridized carbons (Fsp3) is 1.00. The van der Waals surface area contributed by atoms with E-state index < -0.39 is 0 Å². The normalized spacial score (nSPS) is 26.1. The predicted octanol–water partition coefficient (Wildman–Crippen LogP) is 1.85. The molecule has 126 valence electrons. The molecule has 1 aliphatic carbocycles. The zero-order chi connectivity index (χ0) is 15.3. The minimum absolute atomic E-state index is 0.329. The first-order chi connectivity index (χ1) is 10.3. The SMILES string of the molecule is CCNC1CCC(C)CC1OCCOCCOCCOC. The van der Waals surface area contributed by atoms with Crippen LogP contribution in [0.5, 0.6) is 0 Å². The lowest BCUT2D eigenvalue weighted by Gasteiger charge is -2.35. The Bertz CT molecular complexity index is 240. The molecule has 0 spiro atoms. The molecule has 0 heterocycles. The first-order valence-electron chi connectivity index (χ1n) is 8.27. The lowest BCUT2D eigenvalue weighted by atomic mass is 9.85. The molecule has 0 aliphatic heterocycles. The Balaban J connectivity index is 2.01. The Labute approximate surface area is 129 Å². The zero-order valence-electron chi connectivity index (χ0n) is 13.9. The largest absolute Gasteiger partial charge is 0.382 e. The van der Waals surface area contributed by atoms with Crippen LogP contribution >= 0.6 is 0 Å². The van der Waals surface area contributed by atoms with Crippen molar-refractivity contribution in [2.24, 2.45) is 5.92 Å². The van der Waals surface area contributed by atoms with E-state index in [9.17, 15) is 0 Å². The van der Waals surface area contributed by atoms with Gasteiger partial charge in [-0.3, -0.25) is 0 Å². The molecule has 0 bridgehead atoms. The smallest absolute Gasteiger partial charge is 0.0731 e. The molecule has 5 nitrogen and oxygen atoms in total. The molecule has 0 aromatic rings. The summed E-state index contributed by atoms with van der Waals surface area (Å²) in [5.41, 5.74) is 0. The quantitative estimate of drug-likeness (QED) is 0.558. The second kappa shape index (κ2) is 12.4. The minimum Gasteiger partial charge on any atom is -0.382 e. The Morgan fingerprint density at radius 1 is 0.952 bits per heavy atom. The standard InChI is InChI=1S/C16H33NO4/c1-4-17-15-6-5-14(2)13-16(15)21-12-11-20-10-9-19-8-7-18-3/h14-17H,4-13H2,1-3H3. The van der Waals surface area contributed by atoms with E-state index in [4.69, 9.17) is 18.9 Å². The fourth-order valence-corrected chi connectivity index (χ4v) is 2.73. The van der Waals surface area contributed by atoms with E-state index in [2.05, 4.69) is 19.2 Å². The Morgan fingerprint density at radius 2 is 1.62 bits per heavy atom. The van der Waals surface area contributed by atoms with Crippen LogP contribution < -0.4 is 5.32 Å². The summed E-state index contributed by atoms with van der Waals surface area (Å²) < 4.78 is 21.8. The Hall–Kier alpha value is -0.200. The summed E-state index contributed by atoms with van der Waals surface area (Å²) in [5.74, 6) is 0.764. The number of rotatable bonds is 12. The highest BCUT2D eigenvalue weighted by Gasteiger charge is 2.28. The Morgan fingerprint density at radius 3 is 2.29 bits per heavy atom. The van der Waals surface area contributed by atoms with Crippen LogP contribution in [0.3, 0.4) is 0 Å². The van der Waals surface area contributed by atoms with Gasteiger partial charge < -0.3 is 24.3 Å². The third-order valence-corrected chi connectivity index (χ3v) is 3.88. The fourth-order valence-electron chi connectivity index (χ4n) is 2.73. The number of hydrogen-bond donors (Lipinski definition) is 1. The highest BCUT2D eigenvalue weighted by atomic mass is 16.6. The first kappa shape index (κ1) is 18.8. The van der Waals surface area contributed by atoms with E-state index in [1.807, 2.05) is 0 Å². The van der Waals surface area contributed by atoms with Crippen molar-refractivity contribution in [1.82, 2.24) is 5.32 Å². The van der Waals surface area contributed by atoms with Gasteiger partial charge in [0.05, 0.1) is 45.7 Å². The van der Waals surface area contributed by atoms with E-state index in [0.717, 1.165) is 18.9 Å². The van der Waals surface area contributed by atoms with Crippen LogP contribution in [0, 0.1) is 5.92 Å². The monoisotopic (exact) mass is 303 g/mol. The highest BCUT2D eigenvalue weighted by Crippen LogP contribution is 2.26. The number of nitrogens with one attached hydrogen (secondary N) is 1. The van der Waals surface area contributed by atoms with E-state index >= 15 is 0 Å². The van der Waals surface area contributed by atoms with Crippen LogP contribution in [0.1, 0.15) is 33.1 Å². The summed E-state index contributed by atoms with van der Waals surface area (Å²) in [6.45, 7) is 9.27. The topological polar surface area (TPSA) is 49.0 Å². The third kappa shape index (κ3) is 8.73. The summed E-state index contributed by atoms with van der Waals surface area (Å²) in [7, 11) is 1.67. The molecule has 0 aromatic carbocycles. The summed E-state index contributed by atoms with van der Waals surface area (Å²) in [4.78, 5) is 0. The van der Waals surface area contributed by atoms with E-state index in [1.165, 1.54) is 12.8 Å². The molecule has 0 amide bonds. The van der Waals surface area contributed by atoms with Gasteiger partial charge in [-0.2, -0.15) is 0 Å². The van der Waals surface area contributed by atoms with Gasteiger partial charge in [-0.1, -0.05) is 13.8 Å². The molecule has 21 heavy (non-hydrogen) atoms. The molecular weight excluding hydrogens is 270 g/mol. The van der Waals surface area contributed by atoms with Crippen molar-refractivity contribution in [3.63, 3.8) is 0 Å². The maximum absolute atomic E-state index is 6.02. The van der Waals surface area contributed by atoms with Gasteiger partial charge in [0.25, 0.3) is 0 Å². The first-order valence-corrected chi connectivity index (χ1v) is 8.27. The lowest BCUT2D eigenvalue weighted by Crippen LogP contribution is -2.45. The molecule has 1 saturated carbocycles. The zero-order valence-corrected chi connectivity index (χ0v) is 13.9. The van der Waals surface area contributed by atoms with Crippen LogP contribution in [0.4, 0.5) is 0 Å². The molecule has 0 saturated heterocycles. The molecule has 1 N–H and O–H groups in total. The van der Waals surface area contributed by atoms with Gasteiger partial charge >= 0.3 is 0 Å². The number of hydrogen-bond acceptors (Lipinski definition) is 5. The minimum atomic E-state index is 0.329. The summed E-state index contributed by atoms with van der Waals surface area (Å²) in [6.07, 6.45) is 3.99. The molecule has 3 atom stereocenters. The predicted molar refractivity (Wildman–Crippen MR) is 83.7 cm³/mol. The van der Waals surface area contributed by atoms with E-state index in [1.54, 1.807) is 7.11 Å². The van der Waals surface area contributed by atoms with Crippen molar-refractivity contribution in [2.45, 2.75) is 45.3 Å². The molecule has 1 aliphatic rings. The Kier molecular flexibility index (Phi) is 11.1. The molecule has 1 rings (SSSR count). The van der Waals surface area contributed by atoms with Gasteiger partial charge in [0, 0.05) is 13.2 Å². The third-order valence-electron chi connectivity index (χ3n) is 3.88. The van der Waals surface area contributed by atoms with Crippen molar-refractivity contribution >= 4 is 0 Å². The van der Waals surface area contributed by atoms with Gasteiger partial charge in [0.2, 0.25) is 0 Å². The van der Waals surface area contributed by atoms with Crippen LogP contribution in [-0.2, 0) is 18.9 Å². The summed E-state index contributed by atoms with van der Waals surface area (Å²) >= 11 is 0. The molecule has 1 fully saturated rings. The van der Waals surface area contributed by atoms with Crippen molar-refractivity contribution in [2.75, 3.05) is 53.3 Å². The van der Waals surface area contributed by atoms with Gasteiger partial charge in [-0.25, -0.2) is 0 Å². The lowest BCUT2D eigenvalue weighted by molar-refractivity contribution is -0.0427. The second-order valence-corrected chi connectivity index (χ2v) is 5.71. The van der Waals surface area contributed by atoms with E-state index in [0.29, 0.717) is 51.8 Å². The van der Waals surface area contributed by atoms with Gasteiger partial charge in [0.15, 0.2) is 0 Å². The van der Waals surface area contributed by atoms with E-state index in [-0.39, 0.29) is 0 Å². The van der Waals surface area contributed by atoms with Crippen molar-refractivity contribution in [3.05, 3.63) is 0 Å². The molecule has 0 radical (unpaired) electrons. The van der Waals surface area contributed by atoms with Crippen molar-refractivity contribution < 1.29 is 18.9 Å². The summed E-state index contributed by atoms with van der Waals surface area (Å²) in [6, 6.07) is 0.503. The van der Waals surface area contributed by atoms with Crippen LogP contribution in [-0.4, -0.2) is 65.4 Å². The molecule has 3 unspecified atom stereocenters. The molecule has 5 heteroatoms. The van der Waals surface area contributed by atoms with Crippen LogP contribution in [0.15, 0.2) is 0 Å². The highest BCUT2D eigenvalue weighted by molar-refractivity contribution is 4.84. The second-order valence-electron chi connectivity index (χ2n) is 5.71. The van der Waals surface area contributed by atoms with Crippen molar-refractivity contribution in [1.29, 1.82) is 0 Å². The molecule has 0 aromatic heterocycles. The summed E-state index contributed by atoms with van der Waals surface area (Å²) in [5, 5.41) is 3.54. The number of methoxy groups -OCH3 is 1. The van der Waals surface area contributed by atoms with Gasteiger partial charge in [0.1, 0.15) is 0 Å². The average molecular weight is 303 g/mol.